The van der Waals surface area contributed by atoms with E-state index in [9.17, 15) is 4.79 Å². The number of carbonyl (C=O) groups is 1. The van der Waals surface area contributed by atoms with Crippen LogP contribution in [0.3, 0.4) is 0 Å². The molecule has 1 aromatic carbocycles. The molecule has 0 atom stereocenters. The first-order valence-corrected chi connectivity index (χ1v) is 8.27. The molecule has 0 saturated heterocycles. The summed E-state index contributed by atoms with van der Waals surface area (Å²) in [6, 6.07) is 7.04. The van der Waals surface area contributed by atoms with E-state index in [4.69, 9.17) is 11.2 Å². The zero-order valence-electron chi connectivity index (χ0n) is 13.2. The van der Waals surface area contributed by atoms with E-state index in [0.29, 0.717) is 23.7 Å². The number of terminal acetylenes is 1. The van der Waals surface area contributed by atoms with Crippen molar-refractivity contribution in [3.8, 4) is 28.8 Å². The zero-order chi connectivity index (χ0) is 17.5. The summed E-state index contributed by atoms with van der Waals surface area (Å²) < 4.78 is 5.36. The van der Waals surface area contributed by atoms with E-state index in [1.54, 1.807) is 12.4 Å². The number of thiazole rings is 1. The monoisotopic (exact) mass is 353 g/mol. The van der Waals surface area contributed by atoms with Crippen molar-refractivity contribution < 1.29 is 9.53 Å². The fourth-order valence-electron chi connectivity index (χ4n) is 2.11. The van der Waals surface area contributed by atoms with E-state index in [1.165, 1.54) is 11.3 Å². The van der Waals surface area contributed by atoms with Crippen molar-refractivity contribution in [2.75, 3.05) is 11.9 Å². The van der Waals surface area contributed by atoms with Crippen molar-refractivity contribution in [2.24, 2.45) is 0 Å². The standard InChI is InChI=1S/C17H15N5O2S/c1-2-7-24-13-5-3-4-12(9-13)10-19-17(23)21-14-11-20-22-15(14)16-18-6-8-25-16/h1,3-6,8-9,11H,7,10H2,(H,20,22)(H2,19,21,23). The van der Waals surface area contributed by atoms with Gasteiger partial charge in [0.05, 0.1) is 11.9 Å². The molecule has 3 aromatic rings. The summed E-state index contributed by atoms with van der Waals surface area (Å²) in [6.07, 6.45) is 8.41. The van der Waals surface area contributed by atoms with Crippen molar-refractivity contribution in [2.45, 2.75) is 6.54 Å². The number of aromatic amines is 1. The summed E-state index contributed by atoms with van der Waals surface area (Å²) in [5, 5.41) is 15.0. The quantitative estimate of drug-likeness (QED) is 0.594. The van der Waals surface area contributed by atoms with Crippen LogP contribution in [0.1, 0.15) is 5.56 Å². The Morgan fingerprint density at radius 2 is 2.36 bits per heavy atom. The largest absolute Gasteiger partial charge is 0.481 e. The van der Waals surface area contributed by atoms with E-state index in [0.717, 1.165) is 10.6 Å². The minimum Gasteiger partial charge on any atom is -0.481 e. The van der Waals surface area contributed by atoms with Gasteiger partial charge in [0.1, 0.15) is 23.1 Å². The van der Waals surface area contributed by atoms with Gasteiger partial charge >= 0.3 is 6.03 Å². The number of aromatic nitrogens is 3. The molecule has 0 radical (unpaired) electrons. The molecule has 2 aromatic heterocycles. The molecule has 25 heavy (non-hydrogen) atoms. The number of nitrogens with zero attached hydrogens (tertiary/aromatic N) is 2. The highest BCUT2D eigenvalue weighted by Crippen LogP contribution is 2.26. The molecule has 3 N–H and O–H groups in total. The molecule has 0 aliphatic rings. The molecule has 7 nitrogen and oxygen atoms in total. The van der Waals surface area contributed by atoms with Gasteiger partial charge in [-0.1, -0.05) is 18.1 Å². The summed E-state index contributed by atoms with van der Waals surface area (Å²) in [5.74, 6) is 3.08. The lowest BCUT2D eigenvalue weighted by Gasteiger charge is -2.09. The van der Waals surface area contributed by atoms with Crippen LogP contribution in [0.4, 0.5) is 10.5 Å². The van der Waals surface area contributed by atoms with Gasteiger partial charge in [-0.2, -0.15) is 5.10 Å². The van der Waals surface area contributed by atoms with E-state index < -0.39 is 0 Å². The van der Waals surface area contributed by atoms with Gasteiger partial charge in [0.25, 0.3) is 0 Å². The third kappa shape index (κ3) is 4.37. The molecule has 0 bridgehead atoms. The molecule has 0 fully saturated rings. The third-order valence-corrected chi connectivity index (χ3v) is 4.00. The molecule has 3 rings (SSSR count). The van der Waals surface area contributed by atoms with Crippen molar-refractivity contribution >= 4 is 23.1 Å². The predicted octanol–water partition coefficient (Wildman–Crippen LogP) is 2.87. The number of anilines is 1. The van der Waals surface area contributed by atoms with E-state index >= 15 is 0 Å². The van der Waals surface area contributed by atoms with Crippen LogP contribution in [0, 0.1) is 12.3 Å². The molecule has 0 saturated carbocycles. The molecule has 2 amide bonds. The van der Waals surface area contributed by atoms with Crippen LogP contribution in [0.2, 0.25) is 0 Å². The van der Waals surface area contributed by atoms with Crippen LogP contribution in [-0.4, -0.2) is 27.8 Å². The number of H-pyrrole nitrogens is 1. The van der Waals surface area contributed by atoms with E-state index in [1.807, 2.05) is 29.6 Å². The van der Waals surface area contributed by atoms with Gasteiger partial charge in [0.15, 0.2) is 0 Å². The second-order valence-corrected chi connectivity index (χ2v) is 5.84. The number of benzene rings is 1. The SMILES string of the molecule is C#CCOc1cccc(CNC(=O)Nc2cn[nH]c2-c2nccs2)c1. The van der Waals surface area contributed by atoms with Crippen molar-refractivity contribution in [1.29, 1.82) is 0 Å². The molecule has 0 aliphatic carbocycles. The van der Waals surface area contributed by atoms with Crippen LogP contribution < -0.4 is 15.4 Å². The average molecular weight is 353 g/mol. The van der Waals surface area contributed by atoms with Crippen LogP contribution in [-0.2, 0) is 6.54 Å². The highest BCUT2D eigenvalue weighted by molar-refractivity contribution is 7.13. The maximum Gasteiger partial charge on any atom is 0.319 e. The molecule has 2 heterocycles. The van der Waals surface area contributed by atoms with E-state index in [-0.39, 0.29) is 12.6 Å². The van der Waals surface area contributed by atoms with Gasteiger partial charge in [0.2, 0.25) is 0 Å². The Hall–Kier alpha value is -3.31. The second-order valence-electron chi connectivity index (χ2n) is 4.94. The van der Waals surface area contributed by atoms with Gasteiger partial charge in [-0.25, -0.2) is 9.78 Å². The first kappa shape index (κ1) is 16.5. The number of ether oxygens (including phenoxy) is 1. The molecule has 126 valence electrons. The summed E-state index contributed by atoms with van der Waals surface area (Å²) in [7, 11) is 0. The average Bonchev–Trinajstić information content (AvgIpc) is 3.30. The van der Waals surface area contributed by atoms with Gasteiger partial charge in [0, 0.05) is 18.1 Å². The summed E-state index contributed by atoms with van der Waals surface area (Å²) in [6.45, 7) is 0.556. The molecule has 0 spiro atoms. The maximum absolute atomic E-state index is 12.1. The Bertz CT molecular complexity index is 883. The number of carbonyl (C=O) groups excluding carboxylic acids is 1. The highest BCUT2D eigenvalue weighted by Gasteiger charge is 2.12. The number of amides is 2. The number of rotatable bonds is 6. The Morgan fingerprint density at radius 3 is 3.16 bits per heavy atom. The maximum atomic E-state index is 12.1. The van der Waals surface area contributed by atoms with Crippen LogP contribution in [0.15, 0.2) is 42.0 Å². The Balaban J connectivity index is 1.57. The zero-order valence-corrected chi connectivity index (χ0v) is 14.0. The van der Waals surface area contributed by atoms with Crippen molar-refractivity contribution in [1.82, 2.24) is 20.5 Å². The summed E-state index contributed by atoms with van der Waals surface area (Å²) in [4.78, 5) is 16.3. The summed E-state index contributed by atoms with van der Waals surface area (Å²) >= 11 is 1.46. The molecule has 0 aliphatic heterocycles. The molecular weight excluding hydrogens is 338 g/mol. The fourth-order valence-corrected chi connectivity index (χ4v) is 2.76. The Morgan fingerprint density at radius 1 is 1.44 bits per heavy atom. The number of nitrogens with one attached hydrogen (secondary N) is 3. The topological polar surface area (TPSA) is 91.9 Å². The van der Waals surface area contributed by atoms with Gasteiger partial charge in [-0.05, 0) is 17.7 Å². The minimum atomic E-state index is -0.339. The Labute approximate surface area is 148 Å². The molecular formula is C17H15N5O2S. The lowest BCUT2D eigenvalue weighted by atomic mass is 10.2. The summed E-state index contributed by atoms with van der Waals surface area (Å²) in [5.41, 5.74) is 2.14. The van der Waals surface area contributed by atoms with Crippen LogP contribution in [0.25, 0.3) is 10.7 Å². The smallest absolute Gasteiger partial charge is 0.319 e. The molecule has 0 unspecified atom stereocenters. The Kier molecular flexibility index (Phi) is 5.29. The van der Waals surface area contributed by atoms with Crippen molar-refractivity contribution in [3.63, 3.8) is 0 Å². The van der Waals surface area contributed by atoms with Gasteiger partial charge in [-0.3, -0.25) is 5.10 Å². The fraction of sp³-hybridized carbons (Fsp3) is 0.118. The predicted molar refractivity (Wildman–Crippen MR) is 96.3 cm³/mol. The lowest BCUT2D eigenvalue weighted by Crippen LogP contribution is -2.28. The highest BCUT2D eigenvalue weighted by atomic mass is 32.1. The van der Waals surface area contributed by atoms with Gasteiger partial charge < -0.3 is 15.4 Å². The lowest BCUT2D eigenvalue weighted by molar-refractivity contribution is 0.251. The second kappa shape index (κ2) is 7.99. The van der Waals surface area contributed by atoms with Gasteiger partial charge in [-0.15, -0.1) is 17.8 Å². The third-order valence-electron chi connectivity index (χ3n) is 3.21. The number of hydrogen-bond donors (Lipinski definition) is 3. The molecule has 8 heteroatoms. The van der Waals surface area contributed by atoms with E-state index in [2.05, 4.69) is 31.7 Å². The minimum absolute atomic E-state index is 0.206. The number of urea groups is 1. The number of hydrogen-bond acceptors (Lipinski definition) is 5. The van der Waals surface area contributed by atoms with Crippen molar-refractivity contribution in [3.05, 3.63) is 47.6 Å². The first-order valence-electron chi connectivity index (χ1n) is 7.39. The van der Waals surface area contributed by atoms with Crippen LogP contribution in [0.5, 0.6) is 5.75 Å². The normalized spacial score (nSPS) is 10.0. The first-order chi connectivity index (χ1) is 12.3. The van der Waals surface area contributed by atoms with Crippen LogP contribution >= 0.6 is 11.3 Å².